The molecule has 1 aromatic heterocycles. The fraction of sp³-hybridized carbons (Fsp3) is 0.176. The van der Waals surface area contributed by atoms with Crippen LogP contribution in [0.15, 0.2) is 64.0 Å². The molecule has 0 radical (unpaired) electrons. The Morgan fingerprint density at radius 1 is 1.05 bits per heavy atom. The molecule has 2 aromatic carbocycles. The lowest BCUT2D eigenvalue weighted by molar-refractivity contribution is 0.431. The van der Waals surface area contributed by atoms with Crippen molar-refractivity contribution in [2.24, 2.45) is 0 Å². The number of fused-ring (bicyclic) bond motifs is 1. The summed E-state index contributed by atoms with van der Waals surface area (Å²) in [4.78, 5) is 5.78. The Morgan fingerprint density at radius 2 is 1.86 bits per heavy atom. The third-order valence-electron chi connectivity index (χ3n) is 3.71. The molecule has 0 spiro atoms. The van der Waals surface area contributed by atoms with Gasteiger partial charge < -0.3 is 9.84 Å². The number of anilines is 1. The van der Waals surface area contributed by atoms with Crippen LogP contribution in [0.1, 0.15) is 18.0 Å². The van der Waals surface area contributed by atoms with Gasteiger partial charge in [-0.1, -0.05) is 36.4 Å². The molecule has 1 aliphatic rings. The summed E-state index contributed by atoms with van der Waals surface area (Å²) in [5.74, 6) is 2.19. The minimum absolute atomic E-state index is 0.235. The third-order valence-corrected chi connectivity index (χ3v) is 4.83. The molecule has 4 nitrogen and oxygen atoms in total. The standard InChI is InChI=1S/C17H15N3OS/c1-2-6-12(7-3-1)16-19-17(20-21-16)18-14-10-11-22-15-9-5-4-8-13(14)15/h1-9,14H,10-11H2,(H,18,20). The van der Waals surface area contributed by atoms with E-state index in [2.05, 4.69) is 39.7 Å². The Kier molecular flexibility index (Phi) is 3.56. The topological polar surface area (TPSA) is 51.0 Å². The highest BCUT2D eigenvalue weighted by Crippen LogP contribution is 2.37. The quantitative estimate of drug-likeness (QED) is 0.778. The van der Waals surface area contributed by atoms with Crippen LogP contribution in [0.2, 0.25) is 0 Å². The summed E-state index contributed by atoms with van der Waals surface area (Å²) in [5.41, 5.74) is 2.24. The summed E-state index contributed by atoms with van der Waals surface area (Å²) < 4.78 is 5.35. The van der Waals surface area contributed by atoms with Crippen molar-refractivity contribution in [3.05, 3.63) is 60.2 Å². The normalized spacial score (nSPS) is 17.0. The van der Waals surface area contributed by atoms with E-state index >= 15 is 0 Å². The van der Waals surface area contributed by atoms with Crippen molar-refractivity contribution < 1.29 is 4.52 Å². The van der Waals surface area contributed by atoms with Crippen LogP contribution < -0.4 is 5.32 Å². The van der Waals surface area contributed by atoms with Crippen molar-refractivity contribution in [1.82, 2.24) is 10.1 Å². The third kappa shape index (κ3) is 2.60. The van der Waals surface area contributed by atoms with Crippen LogP contribution in [0.5, 0.6) is 0 Å². The van der Waals surface area contributed by atoms with Gasteiger partial charge in [-0.25, -0.2) is 0 Å². The Bertz CT molecular complexity index is 772. The summed E-state index contributed by atoms with van der Waals surface area (Å²) in [6, 6.07) is 18.5. The van der Waals surface area contributed by atoms with Crippen molar-refractivity contribution in [3.63, 3.8) is 0 Å². The number of hydrogen-bond donors (Lipinski definition) is 1. The maximum atomic E-state index is 5.35. The average Bonchev–Trinajstić information content (AvgIpc) is 3.05. The van der Waals surface area contributed by atoms with E-state index in [-0.39, 0.29) is 6.04 Å². The van der Waals surface area contributed by atoms with Gasteiger partial charge in [0.1, 0.15) is 0 Å². The van der Waals surface area contributed by atoms with E-state index < -0.39 is 0 Å². The predicted octanol–water partition coefficient (Wildman–Crippen LogP) is 4.39. The van der Waals surface area contributed by atoms with E-state index in [0.717, 1.165) is 17.7 Å². The van der Waals surface area contributed by atoms with Gasteiger partial charge in [0.25, 0.3) is 11.8 Å². The minimum Gasteiger partial charge on any atom is -0.345 e. The maximum Gasteiger partial charge on any atom is 0.264 e. The number of nitrogens with zero attached hydrogens (tertiary/aromatic N) is 2. The monoisotopic (exact) mass is 309 g/mol. The summed E-state index contributed by atoms with van der Waals surface area (Å²) in [6.45, 7) is 0. The number of nitrogens with one attached hydrogen (secondary N) is 1. The SMILES string of the molecule is c1ccc(-c2nc(NC3CCSc4ccccc43)no2)cc1. The van der Waals surface area contributed by atoms with Gasteiger partial charge in [-0.3, -0.25) is 0 Å². The van der Waals surface area contributed by atoms with Gasteiger partial charge in [0.2, 0.25) is 0 Å². The molecule has 4 rings (SSSR count). The Labute approximate surface area is 132 Å². The molecule has 0 bridgehead atoms. The molecule has 1 unspecified atom stereocenters. The van der Waals surface area contributed by atoms with E-state index in [9.17, 15) is 0 Å². The van der Waals surface area contributed by atoms with Crippen molar-refractivity contribution in [1.29, 1.82) is 0 Å². The van der Waals surface area contributed by atoms with Gasteiger partial charge in [-0.15, -0.1) is 11.8 Å². The van der Waals surface area contributed by atoms with E-state index in [0.29, 0.717) is 11.8 Å². The molecular weight excluding hydrogens is 294 g/mol. The van der Waals surface area contributed by atoms with Gasteiger partial charge in [0, 0.05) is 16.2 Å². The number of thioether (sulfide) groups is 1. The lowest BCUT2D eigenvalue weighted by Gasteiger charge is -2.25. The molecule has 22 heavy (non-hydrogen) atoms. The van der Waals surface area contributed by atoms with Gasteiger partial charge >= 0.3 is 0 Å². The predicted molar refractivity (Wildman–Crippen MR) is 87.9 cm³/mol. The first-order chi connectivity index (χ1) is 10.9. The van der Waals surface area contributed by atoms with E-state index in [4.69, 9.17) is 4.52 Å². The average molecular weight is 309 g/mol. The zero-order valence-electron chi connectivity index (χ0n) is 11.9. The zero-order valence-corrected chi connectivity index (χ0v) is 12.7. The fourth-order valence-corrected chi connectivity index (χ4v) is 3.75. The van der Waals surface area contributed by atoms with Crippen LogP contribution in [0.25, 0.3) is 11.5 Å². The molecule has 110 valence electrons. The Balaban J connectivity index is 1.57. The first-order valence-corrected chi connectivity index (χ1v) is 8.26. The molecule has 0 saturated heterocycles. The van der Waals surface area contributed by atoms with Crippen LogP contribution in [-0.2, 0) is 0 Å². The summed E-state index contributed by atoms with van der Waals surface area (Å²) >= 11 is 1.90. The van der Waals surface area contributed by atoms with E-state index in [1.54, 1.807) is 0 Å². The fourth-order valence-electron chi connectivity index (χ4n) is 2.63. The molecule has 5 heteroatoms. The molecule has 1 N–H and O–H groups in total. The molecule has 2 heterocycles. The number of aromatic nitrogens is 2. The molecular formula is C17H15N3OS. The summed E-state index contributed by atoms with van der Waals surface area (Å²) in [5, 5.41) is 7.45. The van der Waals surface area contributed by atoms with Crippen molar-refractivity contribution in [2.75, 3.05) is 11.1 Å². The second-order valence-corrected chi connectivity index (χ2v) is 6.30. The molecule has 0 fully saturated rings. The Hall–Kier alpha value is -2.27. The highest BCUT2D eigenvalue weighted by molar-refractivity contribution is 7.99. The lowest BCUT2D eigenvalue weighted by atomic mass is 10.0. The zero-order chi connectivity index (χ0) is 14.8. The van der Waals surface area contributed by atoms with Crippen molar-refractivity contribution in [3.8, 4) is 11.5 Å². The molecule has 0 saturated carbocycles. The molecule has 1 atom stereocenters. The van der Waals surface area contributed by atoms with Crippen LogP contribution in [0.3, 0.4) is 0 Å². The Morgan fingerprint density at radius 3 is 2.77 bits per heavy atom. The molecule has 1 aliphatic heterocycles. The first-order valence-electron chi connectivity index (χ1n) is 7.27. The largest absolute Gasteiger partial charge is 0.345 e. The lowest BCUT2D eigenvalue weighted by Crippen LogP contribution is -2.16. The highest BCUT2D eigenvalue weighted by atomic mass is 32.2. The van der Waals surface area contributed by atoms with Gasteiger partial charge in [0.05, 0.1) is 6.04 Å². The van der Waals surface area contributed by atoms with Crippen molar-refractivity contribution >= 4 is 17.7 Å². The van der Waals surface area contributed by atoms with Gasteiger partial charge in [-0.05, 0) is 35.3 Å². The van der Waals surface area contributed by atoms with Gasteiger partial charge in [-0.2, -0.15) is 4.98 Å². The summed E-state index contributed by atoms with van der Waals surface area (Å²) in [7, 11) is 0. The van der Waals surface area contributed by atoms with E-state index in [1.165, 1.54) is 10.5 Å². The smallest absolute Gasteiger partial charge is 0.264 e. The van der Waals surface area contributed by atoms with Crippen LogP contribution in [0.4, 0.5) is 5.95 Å². The summed E-state index contributed by atoms with van der Waals surface area (Å²) in [6.07, 6.45) is 1.05. The molecule has 3 aromatic rings. The molecule has 0 amide bonds. The second-order valence-electron chi connectivity index (χ2n) is 5.16. The highest BCUT2D eigenvalue weighted by Gasteiger charge is 2.21. The number of hydrogen-bond acceptors (Lipinski definition) is 5. The minimum atomic E-state index is 0.235. The van der Waals surface area contributed by atoms with E-state index in [1.807, 2.05) is 42.1 Å². The first kappa shape index (κ1) is 13.4. The molecule has 0 aliphatic carbocycles. The van der Waals surface area contributed by atoms with Crippen LogP contribution >= 0.6 is 11.8 Å². The van der Waals surface area contributed by atoms with Crippen LogP contribution in [0, 0.1) is 0 Å². The maximum absolute atomic E-state index is 5.35. The second kappa shape index (κ2) is 5.85. The van der Waals surface area contributed by atoms with Crippen LogP contribution in [-0.4, -0.2) is 15.9 Å². The van der Waals surface area contributed by atoms with Gasteiger partial charge in [0.15, 0.2) is 0 Å². The van der Waals surface area contributed by atoms with Crippen molar-refractivity contribution in [2.45, 2.75) is 17.4 Å². The number of benzene rings is 2. The number of rotatable bonds is 3.